The minimum atomic E-state index is -1.99. The van der Waals surface area contributed by atoms with Gasteiger partial charge in [-0.1, -0.05) is 0 Å². The monoisotopic (exact) mass is 293 g/mol. The molecule has 7 heteroatoms. The van der Waals surface area contributed by atoms with Crippen molar-refractivity contribution in [3.05, 3.63) is 23.9 Å². The lowest BCUT2D eigenvalue weighted by atomic mass is 10.1. The van der Waals surface area contributed by atoms with Crippen molar-refractivity contribution in [1.82, 2.24) is 10.3 Å². The van der Waals surface area contributed by atoms with Crippen LogP contribution in [0.4, 0.5) is 5.82 Å². The molecule has 2 rings (SSSR count). The number of aliphatic carboxylic acids is 1. The molecule has 1 aliphatic heterocycles. The van der Waals surface area contributed by atoms with E-state index in [1.54, 1.807) is 18.3 Å². The van der Waals surface area contributed by atoms with Gasteiger partial charge in [-0.2, -0.15) is 0 Å². The van der Waals surface area contributed by atoms with Crippen molar-refractivity contribution in [2.24, 2.45) is 0 Å². The van der Waals surface area contributed by atoms with Crippen LogP contribution in [-0.2, 0) is 4.79 Å². The lowest BCUT2D eigenvalue weighted by molar-refractivity contribution is -0.155. The molecule has 1 fully saturated rings. The number of carboxylic acid groups (broad SMARTS) is 1. The summed E-state index contributed by atoms with van der Waals surface area (Å²) in [7, 11) is 0. The number of anilines is 1. The summed E-state index contributed by atoms with van der Waals surface area (Å²) >= 11 is 0. The fourth-order valence-corrected chi connectivity index (χ4v) is 2.18. The molecule has 0 bridgehead atoms. The van der Waals surface area contributed by atoms with Gasteiger partial charge in [-0.25, -0.2) is 9.78 Å². The first-order chi connectivity index (χ1) is 9.92. The first kappa shape index (κ1) is 15.2. The van der Waals surface area contributed by atoms with E-state index < -0.39 is 17.5 Å². The molecule has 7 nitrogen and oxygen atoms in total. The van der Waals surface area contributed by atoms with E-state index in [1.165, 1.54) is 0 Å². The van der Waals surface area contributed by atoms with Gasteiger partial charge in [0.2, 0.25) is 0 Å². The quantitative estimate of drug-likeness (QED) is 0.719. The van der Waals surface area contributed by atoms with Gasteiger partial charge in [-0.3, -0.25) is 4.79 Å². The third kappa shape index (κ3) is 3.49. The number of hydrogen-bond donors (Lipinski definition) is 3. The molecule has 2 heterocycles. The second-order valence-electron chi connectivity index (χ2n) is 5.33. The maximum Gasteiger partial charge on any atom is 0.337 e. The second kappa shape index (κ2) is 6.09. The van der Waals surface area contributed by atoms with Gasteiger partial charge in [0, 0.05) is 19.3 Å². The Balaban J connectivity index is 2.11. The van der Waals surface area contributed by atoms with E-state index in [2.05, 4.69) is 10.3 Å². The third-order valence-electron chi connectivity index (χ3n) is 3.49. The van der Waals surface area contributed by atoms with E-state index in [4.69, 9.17) is 5.11 Å². The van der Waals surface area contributed by atoms with Crippen LogP contribution < -0.4 is 10.2 Å². The van der Waals surface area contributed by atoms with Gasteiger partial charge in [-0.05, 0) is 31.9 Å². The number of aliphatic hydroxyl groups is 1. The largest absolute Gasteiger partial charge is 0.479 e. The summed E-state index contributed by atoms with van der Waals surface area (Å²) in [5.41, 5.74) is -1.60. The number of hydrogen-bond acceptors (Lipinski definition) is 5. The van der Waals surface area contributed by atoms with Gasteiger partial charge < -0.3 is 20.4 Å². The molecule has 21 heavy (non-hydrogen) atoms. The molecule has 0 spiro atoms. The highest BCUT2D eigenvalue weighted by atomic mass is 16.4. The molecule has 1 saturated heterocycles. The van der Waals surface area contributed by atoms with Crippen LogP contribution >= 0.6 is 0 Å². The van der Waals surface area contributed by atoms with Crippen LogP contribution in [0.2, 0.25) is 0 Å². The van der Waals surface area contributed by atoms with E-state index >= 15 is 0 Å². The lowest BCUT2D eigenvalue weighted by Crippen LogP contribution is -2.46. The van der Waals surface area contributed by atoms with E-state index in [0.29, 0.717) is 11.4 Å². The molecule has 1 aliphatic rings. The van der Waals surface area contributed by atoms with Crippen LogP contribution in [0.15, 0.2) is 18.3 Å². The zero-order valence-corrected chi connectivity index (χ0v) is 11.9. The number of amides is 1. The average Bonchev–Trinajstić information content (AvgIpc) is 2.98. The van der Waals surface area contributed by atoms with E-state index in [9.17, 15) is 14.7 Å². The molecule has 1 unspecified atom stereocenters. The Hall–Kier alpha value is -2.15. The topological polar surface area (TPSA) is 103 Å². The van der Waals surface area contributed by atoms with Gasteiger partial charge in [0.25, 0.3) is 5.91 Å². The van der Waals surface area contributed by atoms with Crippen molar-refractivity contribution < 1.29 is 19.8 Å². The Labute approximate surface area is 122 Å². The minimum absolute atomic E-state index is 0.366. The molecule has 0 aliphatic carbocycles. The minimum Gasteiger partial charge on any atom is -0.479 e. The first-order valence-corrected chi connectivity index (χ1v) is 6.86. The summed E-state index contributed by atoms with van der Waals surface area (Å²) in [5.74, 6) is -1.22. The van der Waals surface area contributed by atoms with Crippen molar-refractivity contribution in [1.29, 1.82) is 0 Å². The highest BCUT2D eigenvalue weighted by molar-refractivity contribution is 5.99. The van der Waals surface area contributed by atoms with Crippen LogP contribution in [0.25, 0.3) is 0 Å². The number of rotatable bonds is 5. The normalized spacial score (nSPS) is 17.3. The van der Waals surface area contributed by atoms with Gasteiger partial charge in [-0.15, -0.1) is 0 Å². The third-order valence-corrected chi connectivity index (χ3v) is 3.49. The smallest absolute Gasteiger partial charge is 0.337 e. The van der Waals surface area contributed by atoms with E-state index in [0.717, 1.165) is 32.9 Å². The molecule has 0 radical (unpaired) electrons. The van der Waals surface area contributed by atoms with Crippen molar-refractivity contribution in [3.8, 4) is 0 Å². The lowest BCUT2D eigenvalue weighted by Gasteiger charge is -2.21. The van der Waals surface area contributed by atoms with Crippen LogP contribution in [0.1, 0.15) is 30.1 Å². The molecular weight excluding hydrogens is 274 g/mol. The Bertz CT molecular complexity index is 539. The number of aromatic nitrogens is 1. The summed E-state index contributed by atoms with van der Waals surface area (Å²) in [6.45, 7) is 2.48. The summed E-state index contributed by atoms with van der Waals surface area (Å²) in [4.78, 5) is 29.3. The van der Waals surface area contributed by atoms with Gasteiger partial charge in [0.1, 0.15) is 5.82 Å². The highest BCUT2D eigenvalue weighted by Crippen LogP contribution is 2.21. The highest BCUT2D eigenvalue weighted by Gasteiger charge is 2.31. The molecule has 3 N–H and O–H groups in total. The SMILES string of the molecule is CC(O)(CNC(=O)c1cccnc1N1CCCC1)C(=O)O. The summed E-state index contributed by atoms with van der Waals surface area (Å²) < 4.78 is 0. The summed E-state index contributed by atoms with van der Waals surface area (Å²) in [6, 6.07) is 3.30. The summed E-state index contributed by atoms with van der Waals surface area (Å²) in [5, 5.41) is 20.9. The zero-order valence-electron chi connectivity index (χ0n) is 11.9. The first-order valence-electron chi connectivity index (χ1n) is 6.86. The number of carboxylic acids is 1. The van der Waals surface area contributed by atoms with Gasteiger partial charge in [0.05, 0.1) is 12.1 Å². The van der Waals surface area contributed by atoms with E-state index in [1.807, 2.05) is 4.90 Å². The number of nitrogens with zero attached hydrogens (tertiary/aromatic N) is 2. The molecule has 114 valence electrons. The van der Waals surface area contributed by atoms with Crippen molar-refractivity contribution in [2.75, 3.05) is 24.5 Å². The molecule has 1 aromatic rings. The number of nitrogens with one attached hydrogen (secondary N) is 1. The Morgan fingerprint density at radius 3 is 2.71 bits per heavy atom. The van der Waals surface area contributed by atoms with Crippen LogP contribution in [0, 0.1) is 0 Å². The molecular formula is C14H19N3O4. The summed E-state index contributed by atoms with van der Waals surface area (Å²) in [6.07, 6.45) is 3.74. The predicted octanol–water partition coefficient (Wildman–Crippen LogP) is 0.247. The van der Waals surface area contributed by atoms with Crippen LogP contribution in [0.3, 0.4) is 0 Å². The van der Waals surface area contributed by atoms with Crippen LogP contribution in [0.5, 0.6) is 0 Å². The van der Waals surface area contributed by atoms with Gasteiger partial charge >= 0.3 is 5.97 Å². The zero-order chi connectivity index (χ0) is 15.5. The molecule has 1 aromatic heterocycles. The Morgan fingerprint density at radius 1 is 1.43 bits per heavy atom. The molecule has 0 aromatic carbocycles. The molecule has 1 amide bonds. The maximum absolute atomic E-state index is 12.2. The predicted molar refractivity (Wildman–Crippen MR) is 76.3 cm³/mol. The second-order valence-corrected chi connectivity index (χ2v) is 5.33. The Kier molecular flexibility index (Phi) is 4.42. The number of pyridine rings is 1. The standard InChI is InChI=1S/C14H19N3O4/c1-14(21,13(19)20)9-16-12(18)10-5-4-6-15-11(10)17-7-2-3-8-17/h4-6,21H,2-3,7-9H2,1H3,(H,16,18)(H,19,20). The van der Waals surface area contributed by atoms with E-state index in [-0.39, 0.29) is 6.54 Å². The Morgan fingerprint density at radius 2 is 2.10 bits per heavy atom. The van der Waals surface area contributed by atoms with Crippen LogP contribution in [-0.4, -0.2) is 52.3 Å². The number of carbonyl (C=O) groups is 2. The van der Waals surface area contributed by atoms with Gasteiger partial charge in [0.15, 0.2) is 5.60 Å². The maximum atomic E-state index is 12.2. The fraction of sp³-hybridized carbons (Fsp3) is 0.500. The average molecular weight is 293 g/mol. The fourth-order valence-electron chi connectivity index (χ4n) is 2.18. The number of carbonyl (C=O) groups excluding carboxylic acids is 1. The molecule has 1 atom stereocenters. The van der Waals surface area contributed by atoms with Crippen molar-refractivity contribution in [3.63, 3.8) is 0 Å². The van der Waals surface area contributed by atoms with Crippen molar-refractivity contribution in [2.45, 2.75) is 25.4 Å². The molecule has 0 saturated carbocycles. The van der Waals surface area contributed by atoms with Crippen molar-refractivity contribution >= 4 is 17.7 Å².